The van der Waals surface area contributed by atoms with Crippen molar-refractivity contribution in [3.63, 3.8) is 0 Å². The number of nitrogens with zero attached hydrogens (tertiary/aromatic N) is 4. The van der Waals surface area contributed by atoms with E-state index in [0.717, 1.165) is 29.1 Å². The minimum absolute atomic E-state index is 0.369. The number of rotatable bonds is 3. The molecule has 0 bridgehead atoms. The molecule has 0 radical (unpaired) electrons. The van der Waals surface area contributed by atoms with Gasteiger partial charge < -0.3 is 5.32 Å². The van der Waals surface area contributed by atoms with Gasteiger partial charge in [-0.25, -0.2) is 14.6 Å². The summed E-state index contributed by atoms with van der Waals surface area (Å²) < 4.78 is 1.92. The van der Waals surface area contributed by atoms with E-state index in [1.54, 1.807) is 6.33 Å². The molecule has 0 aliphatic carbocycles. The molecule has 2 aromatic heterocycles. The van der Waals surface area contributed by atoms with E-state index in [0.29, 0.717) is 5.92 Å². The second-order valence-corrected chi connectivity index (χ2v) is 4.03. The lowest BCUT2D eigenvalue weighted by Crippen LogP contribution is -1.99. The second kappa shape index (κ2) is 4.08. The molecule has 0 aliphatic heterocycles. The molecule has 2 heterocycles. The standard InChI is InChI=1S/C11H17N5/c1-5-16-11-8(9(15-16)7(2)3)10(12-4)13-6-14-11/h6-7H,5H2,1-4H3,(H,12,13,14). The third-order valence-corrected chi connectivity index (χ3v) is 2.64. The maximum absolute atomic E-state index is 4.59. The molecular weight excluding hydrogens is 202 g/mol. The largest absolute Gasteiger partial charge is 0.372 e. The molecule has 0 saturated heterocycles. The van der Waals surface area contributed by atoms with Gasteiger partial charge >= 0.3 is 0 Å². The minimum atomic E-state index is 0.369. The smallest absolute Gasteiger partial charge is 0.163 e. The van der Waals surface area contributed by atoms with Crippen LogP contribution in [0.2, 0.25) is 0 Å². The molecule has 0 spiro atoms. The van der Waals surface area contributed by atoms with Crippen LogP contribution in [-0.4, -0.2) is 26.8 Å². The van der Waals surface area contributed by atoms with Gasteiger partial charge in [-0.15, -0.1) is 0 Å². The molecule has 0 unspecified atom stereocenters. The van der Waals surface area contributed by atoms with Gasteiger partial charge in [-0.1, -0.05) is 13.8 Å². The molecule has 1 N–H and O–H groups in total. The molecule has 0 aromatic carbocycles. The zero-order valence-corrected chi connectivity index (χ0v) is 10.2. The van der Waals surface area contributed by atoms with Gasteiger partial charge in [0.1, 0.15) is 12.1 Å². The lowest BCUT2D eigenvalue weighted by Gasteiger charge is -2.03. The highest BCUT2D eigenvalue weighted by molar-refractivity contribution is 5.89. The van der Waals surface area contributed by atoms with Gasteiger partial charge in [0.2, 0.25) is 0 Å². The number of hydrogen-bond donors (Lipinski definition) is 1. The van der Waals surface area contributed by atoms with Crippen molar-refractivity contribution in [2.75, 3.05) is 12.4 Å². The number of nitrogens with one attached hydrogen (secondary N) is 1. The fraction of sp³-hybridized carbons (Fsp3) is 0.545. The van der Waals surface area contributed by atoms with E-state index in [1.807, 2.05) is 11.7 Å². The maximum atomic E-state index is 4.59. The first kappa shape index (κ1) is 10.9. The van der Waals surface area contributed by atoms with Crippen molar-refractivity contribution < 1.29 is 0 Å². The van der Waals surface area contributed by atoms with Crippen molar-refractivity contribution in [2.45, 2.75) is 33.2 Å². The first-order valence-electron chi connectivity index (χ1n) is 5.58. The molecule has 5 heteroatoms. The molecule has 86 valence electrons. The predicted octanol–water partition coefficient (Wildman–Crippen LogP) is 2.01. The number of anilines is 1. The van der Waals surface area contributed by atoms with E-state index in [4.69, 9.17) is 0 Å². The summed E-state index contributed by atoms with van der Waals surface area (Å²) in [7, 11) is 1.87. The Labute approximate surface area is 94.9 Å². The van der Waals surface area contributed by atoms with Crippen molar-refractivity contribution in [2.24, 2.45) is 0 Å². The Bertz CT molecular complexity index is 500. The molecule has 5 nitrogen and oxygen atoms in total. The van der Waals surface area contributed by atoms with Crippen molar-refractivity contribution in [1.29, 1.82) is 0 Å². The first-order valence-corrected chi connectivity index (χ1v) is 5.58. The van der Waals surface area contributed by atoms with Crippen LogP contribution in [0.5, 0.6) is 0 Å². The van der Waals surface area contributed by atoms with Gasteiger partial charge in [-0.2, -0.15) is 5.10 Å². The first-order chi connectivity index (χ1) is 7.69. The number of aromatic nitrogens is 4. The normalized spacial score (nSPS) is 11.3. The summed E-state index contributed by atoms with van der Waals surface area (Å²) in [5.41, 5.74) is 1.97. The molecule has 2 aromatic rings. The summed E-state index contributed by atoms with van der Waals surface area (Å²) in [5, 5.41) is 8.73. The molecular formula is C11H17N5. The van der Waals surface area contributed by atoms with Gasteiger partial charge in [-0.05, 0) is 12.8 Å². The Morgan fingerprint density at radius 3 is 2.69 bits per heavy atom. The van der Waals surface area contributed by atoms with E-state index in [9.17, 15) is 0 Å². The van der Waals surface area contributed by atoms with Crippen LogP contribution >= 0.6 is 0 Å². The number of fused-ring (bicyclic) bond motifs is 1. The molecule has 0 amide bonds. The Balaban J connectivity index is 2.80. The molecule has 0 aliphatic rings. The average molecular weight is 219 g/mol. The Morgan fingerprint density at radius 2 is 2.12 bits per heavy atom. The fourth-order valence-corrected chi connectivity index (χ4v) is 1.85. The third kappa shape index (κ3) is 1.52. The second-order valence-electron chi connectivity index (χ2n) is 4.03. The van der Waals surface area contributed by atoms with Crippen LogP contribution in [0, 0.1) is 0 Å². The highest BCUT2D eigenvalue weighted by atomic mass is 15.3. The molecule has 16 heavy (non-hydrogen) atoms. The summed E-state index contributed by atoms with van der Waals surface area (Å²) in [5.74, 6) is 1.22. The van der Waals surface area contributed by atoms with Crippen LogP contribution in [0.3, 0.4) is 0 Å². The Hall–Kier alpha value is -1.65. The number of aryl methyl sites for hydroxylation is 1. The van der Waals surface area contributed by atoms with Gasteiger partial charge in [0.25, 0.3) is 0 Å². The van der Waals surface area contributed by atoms with Crippen LogP contribution in [0.25, 0.3) is 11.0 Å². The molecule has 0 atom stereocenters. The van der Waals surface area contributed by atoms with Crippen LogP contribution in [0.4, 0.5) is 5.82 Å². The van der Waals surface area contributed by atoms with Crippen LogP contribution in [-0.2, 0) is 6.54 Å². The minimum Gasteiger partial charge on any atom is -0.372 e. The van der Waals surface area contributed by atoms with Crippen LogP contribution in [0.15, 0.2) is 6.33 Å². The van der Waals surface area contributed by atoms with Gasteiger partial charge in [0, 0.05) is 13.6 Å². The van der Waals surface area contributed by atoms with Crippen molar-refractivity contribution in [3.05, 3.63) is 12.0 Å². The Morgan fingerprint density at radius 1 is 1.38 bits per heavy atom. The topological polar surface area (TPSA) is 55.6 Å². The van der Waals surface area contributed by atoms with Gasteiger partial charge in [0.05, 0.1) is 11.1 Å². The molecule has 2 rings (SSSR count). The van der Waals surface area contributed by atoms with Crippen LogP contribution in [0.1, 0.15) is 32.4 Å². The zero-order valence-electron chi connectivity index (χ0n) is 10.2. The molecule has 0 fully saturated rings. The summed E-state index contributed by atoms with van der Waals surface area (Å²) >= 11 is 0. The summed E-state index contributed by atoms with van der Waals surface area (Å²) in [6, 6.07) is 0. The maximum Gasteiger partial charge on any atom is 0.163 e. The van der Waals surface area contributed by atoms with Crippen molar-refractivity contribution in [1.82, 2.24) is 19.7 Å². The quantitative estimate of drug-likeness (QED) is 0.858. The van der Waals surface area contributed by atoms with E-state index in [-0.39, 0.29) is 0 Å². The third-order valence-electron chi connectivity index (χ3n) is 2.64. The highest BCUT2D eigenvalue weighted by Gasteiger charge is 2.17. The highest BCUT2D eigenvalue weighted by Crippen LogP contribution is 2.27. The van der Waals surface area contributed by atoms with E-state index < -0.39 is 0 Å². The van der Waals surface area contributed by atoms with Gasteiger partial charge in [-0.3, -0.25) is 0 Å². The van der Waals surface area contributed by atoms with E-state index in [2.05, 4.69) is 41.2 Å². The van der Waals surface area contributed by atoms with Crippen molar-refractivity contribution in [3.8, 4) is 0 Å². The lowest BCUT2D eigenvalue weighted by molar-refractivity contribution is 0.649. The fourth-order valence-electron chi connectivity index (χ4n) is 1.85. The monoisotopic (exact) mass is 219 g/mol. The summed E-state index contributed by atoms with van der Waals surface area (Å²) in [4.78, 5) is 8.55. The Kier molecular flexibility index (Phi) is 2.77. The van der Waals surface area contributed by atoms with Crippen molar-refractivity contribution >= 4 is 16.9 Å². The summed E-state index contributed by atoms with van der Waals surface area (Å²) in [6.07, 6.45) is 1.58. The zero-order chi connectivity index (χ0) is 11.7. The SMILES string of the molecule is CCn1nc(C(C)C)c2c(NC)ncnc21. The van der Waals surface area contributed by atoms with Gasteiger partial charge in [0.15, 0.2) is 5.65 Å². The lowest BCUT2D eigenvalue weighted by atomic mass is 10.1. The molecule has 0 saturated carbocycles. The number of hydrogen-bond acceptors (Lipinski definition) is 4. The average Bonchev–Trinajstić information content (AvgIpc) is 2.67. The predicted molar refractivity (Wildman–Crippen MR) is 64.6 cm³/mol. The van der Waals surface area contributed by atoms with Crippen LogP contribution < -0.4 is 5.32 Å². The van der Waals surface area contributed by atoms with E-state index >= 15 is 0 Å². The summed E-state index contributed by atoms with van der Waals surface area (Å²) in [6.45, 7) is 7.16. The van der Waals surface area contributed by atoms with E-state index in [1.165, 1.54) is 0 Å².